The molecular formula is C20H23N3O2S. The zero-order chi connectivity index (χ0) is 18.3. The second-order valence-electron chi connectivity index (χ2n) is 7.21. The number of carbonyl (C=O) groups is 2. The Balaban J connectivity index is 1.53. The second-order valence-corrected chi connectivity index (χ2v) is 8.30. The minimum atomic E-state index is -0.0808. The summed E-state index contributed by atoms with van der Waals surface area (Å²) >= 11 is 1.52. The molecule has 0 bridgehead atoms. The summed E-state index contributed by atoms with van der Waals surface area (Å²) in [6.07, 6.45) is 4.28. The van der Waals surface area contributed by atoms with Gasteiger partial charge in [-0.25, -0.2) is 4.98 Å². The number of carbonyl (C=O) groups excluding carboxylic acids is 2. The van der Waals surface area contributed by atoms with Crippen molar-refractivity contribution in [3.63, 3.8) is 0 Å². The summed E-state index contributed by atoms with van der Waals surface area (Å²) in [6.45, 7) is 4.11. The van der Waals surface area contributed by atoms with Gasteiger partial charge in [-0.3, -0.25) is 9.59 Å². The van der Waals surface area contributed by atoms with Gasteiger partial charge in [-0.05, 0) is 43.7 Å². The first-order valence-corrected chi connectivity index (χ1v) is 9.98. The molecule has 1 saturated carbocycles. The Kier molecular flexibility index (Phi) is 4.53. The highest BCUT2D eigenvalue weighted by molar-refractivity contribution is 7.13. The van der Waals surface area contributed by atoms with Crippen molar-refractivity contribution in [3.8, 4) is 0 Å². The van der Waals surface area contributed by atoms with Gasteiger partial charge in [0.1, 0.15) is 4.88 Å². The standard InChI is InChI=1S/C20H23N3O2S/c1-12-19(26-18(21-12)11-14-7-8-14)20(25)22-16-9-10-23(13(2)24)17-6-4-3-5-15(16)17/h3-6,14,16H,7-11H2,1-2H3,(H,22,25). The number of aryl methyl sites for hydroxylation is 1. The highest BCUT2D eigenvalue weighted by atomic mass is 32.1. The van der Waals surface area contributed by atoms with E-state index < -0.39 is 0 Å². The van der Waals surface area contributed by atoms with E-state index in [9.17, 15) is 9.59 Å². The number of amides is 2. The van der Waals surface area contributed by atoms with E-state index in [1.54, 1.807) is 11.8 Å². The normalized spacial score (nSPS) is 19.2. The fourth-order valence-corrected chi connectivity index (χ4v) is 4.66. The van der Waals surface area contributed by atoms with Gasteiger partial charge in [-0.2, -0.15) is 0 Å². The summed E-state index contributed by atoms with van der Waals surface area (Å²) in [5.74, 6) is 0.739. The van der Waals surface area contributed by atoms with Gasteiger partial charge in [0.25, 0.3) is 5.91 Å². The van der Waals surface area contributed by atoms with Crippen LogP contribution in [0.1, 0.15) is 58.2 Å². The third-order valence-electron chi connectivity index (χ3n) is 5.14. The molecule has 6 heteroatoms. The van der Waals surface area contributed by atoms with Crippen molar-refractivity contribution < 1.29 is 9.59 Å². The van der Waals surface area contributed by atoms with Crippen LogP contribution < -0.4 is 10.2 Å². The smallest absolute Gasteiger partial charge is 0.263 e. The average Bonchev–Trinajstić information content (AvgIpc) is 3.35. The molecule has 1 aromatic carbocycles. The van der Waals surface area contributed by atoms with Gasteiger partial charge in [-0.1, -0.05) is 18.2 Å². The van der Waals surface area contributed by atoms with E-state index in [0.29, 0.717) is 11.4 Å². The molecule has 0 radical (unpaired) electrons. The summed E-state index contributed by atoms with van der Waals surface area (Å²) in [6, 6.07) is 7.74. The Morgan fingerprint density at radius 3 is 2.77 bits per heavy atom. The lowest BCUT2D eigenvalue weighted by atomic mass is 9.96. The monoisotopic (exact) mass is 369 g/mol. The van der Waals surface area contributed by atoms with Crippen molar-refractivity contribution in [2.75, 3.05) is 11.4 Å². The van der Waals surface area contributed by atoms with E-state index in [-0.39, 0.29) is 17.9 Å². The molecule has 1 N–H and O–H groups in total. The van der Waals surface area contributed by atoms with Crippen LogP contribution in [0, 0.1) is 12.8 Å². The molecule has 4 rings (SSSR count). The van der Waals surface area contributed by atoms with Gasteiger partial charge in [0.2, 0.25) is 5.91 Å². The predicted molar refractivity (Wildman–Crippen MR) is 103 cm³/mol. The lowest BCUT2D eigenvalue weighted by molar-refractivity contribution is -0.116. The fourth-order valence-electron chi connectivity index (χ4n) is 3.58. The van der Waals surface area contributed by atoms with Gasteiger partial charge < -0.3 is 10.2 Å². The number of thiazole rings is 1. The third-order valence-corrected chi connectivity index (χ3v) is 6.32. The Morgan fingerprint density at radius 1 is 1.27 bits per heavy atom. The first-order valence-electron chi connectivity index (χ1n) is 9.17. The number of nitrogens with zero attached hydrogens (tertiary/aromatic N) is 2. The van der Waals surface area contributed by atoms with Gasteiger partial charge in [-0.15, -0.1) is 11.3 Å². The van der Waals surface area contributed by atoms with E-state index >= 15 is 0 Å². The molecular weight excluding hydrogens is 346 g/mol. The van der Waals surface area contributed by atoms with Crippen LogP contribution in [-0.2, 0) is 11.2 Å². The molecule has 1 aromatic heterocycles. The van der Waals surface area contributed by atoms with Gasteiger partial charge in [0, 0.05) is 25.6 Å². The van der Waals surface area contributed by atoms with Crippen molar-refractivity contribution in [2.24, 2.45) is 5.92 Å². The number of anilines is 1. The highest BCUT2D eigenvalue weighted by Crippen LogP contribution is 2.36. The zero-order valence-corrected chi connectivity index (χ0v) is 15.9. The molecule has 1 aliphatic heterocycles. The van der Waals surface area contributed by atoms with Gasteiger partial charge in [0.15, 0.2) is 0 Å². The molecule has 2 aromatic rings. The second kappa shape index (κ2) is 6.83. The van der Waals surface area contributed by atoms with Gasteiger partial charge >= 0.3 is 0 Å². The summed E-state index contributed by atoms with van der Waals surface area (Å²) in [4.78, 5) is 31.8. The number of hydrogen-bond donors (Lipinski definition) is 1. The molecule has 1 atom stereocenters. The number of nitrogens with one attached hydrogen (secondary N) is 1. The van der Waals surface area contributed by atoms with E-state index in [2.05, 4.69) is 10.3 Å². The van der Waals surface area contributed by atoms with E-state index in [0.717, 1.165) is 40.7 Å². The van der Waals surface area contributed by atoms with Crippen molar-refractivity contribution in [1.82, 2.24) is 10.3 Å². The molecule has 5 nitrogen and oxygen atoms in total. The molecule has 2 aliphatic rings. The molecule has 1 fully saturated rings. The minimum absolute atomic E-state index is 0.0326. The fraction of sp³-hybridized carbons (Fsp3) is 0.450. The van der Waals surface area contributed by atoms with Gasteiger partial charge in [0.05, 0.1) is 16.7 Å². The van der Waals surface area contributed by atoms with Crippen molar-refractivity contribution in [2.45, 2.75) is 45.6 Å². The Bertz CT molecular complexity index is 856. The molecule has 136 valence electrons. The van der Waals surface area contributed by atoms with Crippen molar-refractivity contribution in [1.29, 1.82) is 0 Å². The topological polar surface area (TPSA) is 62.3 Å². The third kappa shape index (κ3) is 3.38. The minimum Gasteiger partial charge on any atom is -0.344 e. The number of para-hydroxylation sites is 1. The molecule has 1 aliphatic carbocycles. The molecule has 1 unspecified atom stereocenters. The van der Waals surface area contributed by atoms with Crippen LogP contribution in [0.15, 0.2) is 24.3 Å². The maximum atomic E-state index is 12.9. The zero-order valence-electron chi connectivity index (χ0n) is 15.1. The quantitative estimate of drug-likeness (QED) is 0.895. The van der Waals surface area contributed by atoms with Crippen LogP contribution in [0.5, 0.6) is 0 Å². The van der Waals surface area contributed by atoms with E-state index in [1.165, 1.54) is 24.2 Å². The largest absolute Gasteiger partial charge is 0.344 e. The highest BCUT2D eigenvalue weighted by Gasteiger charge is 2.29. The first kappa shape index (κ1) is 17.2. The SMILES string of the molecule is CC(=O)N1CCC(NC(=O)c2sc(CC3CC3)nc2C)c2ccccc21. The maximum Gasteiger partial charge on any atom is 0.263 e. The average molecular weight is 369 g/mol. The van der Waals surface area contributed by atoms with Crippen molar-refractivity contribution in [3.05, 3.63) is 45.4 Å². The van der Waals surface area contributed by atoms with E-state index in [1.807, 2.05) is 31.2 Å². The summed E-state index contributed by atoms with van der Waals surface area (Å²) in [5, 5.41) is 4.24. The maximum absolute atomic E-state index is 12.9. The van der Waals surface area contributed by atoms with Crippen LogP contribution in [0.4, 0.5) is 5.69 Å². The molecule has 2 amide bonds. The number of benzene rings is 1. The van der Waals surface area contributed by atoms with Crippen LogP contribution >= 0.6 is 11.3 Å². The molecule has 26 heavy (non-hydrogen) atoms. The van der Waals surface area contributed by atoms with Crippen LogP contribution in [-0.4, -0.2) is 23.3 Å². The number of rotatable bonds is 4. The van der Waals surface area contributed by atoms with Crippen LogP contribution in [0.25, 0.3) is 0 Å². The molecule has 2 heterocycles. The Hall–Kier alpha value is -2.21. The van der Waals surface area contributed by atoms with Crippen molar-refractivity contribution >= 4 is 28.8 Å². The number of hydrogen-bond acceptors (Lipinski definition) is 4. The number of fused-ring (bicyclic) bond motifs is 1. The predicted octanol–water partition coefficient (Wildman–Crippen LogP) is 3.63. The summed E-state index contributed by atoms with van der Waals surface area (Å²) < 4.78 is 0. The van der Waals surface area contributed by atoms with Crippen LogP contribution in [0.3, 0.4) is 0 Å². The number of aromatic nitrogens is 1. The Labute approximate surface area is 157 Å². The van der Waals surface area contributed by atoms with E-state index in [4.69, 9.17) is 0 Å². The molecule has 0 spiro atoms. The van der Waals surface area contributed by atoms with Crippen LogP contribution in [0.2, 0.25) is 0 Å². The summed E-state index contributed by atoms with van der Waals surface area (Å²) in [5.41, 5.74) is 2.72. The lowest BCUT2D eigenvalue weighted by Gasteiger charge is -2.34. The first-order chi connectivity index (χ1) is 12.5. The lowest BCUT2D eigenvalue weighted by Crippen LogP contribution is -2.40. The Morgan fingerprint density at radius 2 is 2.04 bits per heavy atom. The summed E-state index contributed by atoms with van der Waals surface area (Å²) in [7, 11) is 0. The molecule has 0 saturated heterocycles.